The highest BCUT2D eigenvalue weighted by Gasteiger charge is 2.28. The van der Waals surface area contributed by atoms with Crippen molar-refractivity contribution < 1.29 is 4.79 Å². The van der Waals surface area contributed by atoms with Crippen LogP contribution in [0.5, 0.6) is 0 Å². The zero-order valence-electron chi connectivity index (χ0n) is 12.1. The Morgan fingerprint density at radius 3 is 2.56 bits per heavy atom. The van der Waals surface area contributed by atoms with Crippen molar-refractivity contribution in [2.24, 2.45) is 5.92 Å². The molecule has 1 amide bonds. The van der Waals surface area contributed by atoms with Gasteiger partial charge in [0.05, 0.1) is 0 Å². The van der Waals surface area contributed by atoms with Gasteiger partial charge in [0.25, 0.3) is 0 Å². The van der Waals surface area contributed by atoms with Crippen LogP contribution in [0.3, 0.4) is 0 Å². The summed E-state index contributed by atoms with van der Waals surface area (Å²) in [5.74, 6) is 0.588. The first-order chi connectivity index (χ1) is 8.74. The average Bonchev–Trinajstić information content (AvgIpc) is 3.18. The van der Waals surface area contributed by atoms with Crippen LogP contribution in [0.1, 0.15) is 65.2 Å². The molecule has 18 heavy (non-hydrogen) atoms. The third kappa shape index (κ3) is 7.70. The lowest BCUT2D eigenvalue weighted by molar-refractivity contribution is -0.122. The van der Waals surface area contributed by atoms with Crippen molar-refractivity contribution in [1.29, 1.82) is 0 Å². The number of unbranched alkanes of at least 4 members (excludes halogenated alkanes) is 4. The lowest BCUT2D eigenvalue weighted by atomic mass is 10.1. The number of nitrogens with one attached hydrogen (secondary N) is 2. The number of carbonyl (C=O) groups excluding carboxylic acids is 1. The molecular formula is C15H30N2O. The van der Waals surface area contributed by atoms with Crippen LogP contribution in [0.4, 0.5) is 0 Å². The van der Waals surface area contributed by atoms with Crippen LogP contribution in [-0.2, 0) is 4.79 Å². The molecule has 0 bridgehead atoms. The Labute approximate surface area is 112 Å². The molecule has 1 fully saturated rings. The van der Waals surface area contributed by atoms with Crippen molar-refractivity contribution >= 4 is 5.91 Å². The van der Waals surface area contributed by atoms with E-state index in [-0.39, 0.29) is 5.91 Å². The van der Waals surface area contributed by atoms with Gasteiger partial charge >= 0.3 is 0 Å². The SMILES string of the molecule is CCCCCCCC(C)NCCNC(=O)C1CC1. The van der Waals surface area contributed by atoms with Gasteiger partial charge in [-0.25, -0.2) is 0 Å². The van der Waals surface area contributed by atoms with E-state index in [9.17, 15) is 4.79 Å². The largest absolute Gasteiger partial charge is 0.355 e. The summed E-state index contributed by atoms with van der Waals surface area (Å²) in [4.78, 5) is 11.4. The molecule has 1 unspecified atom stereocenters. The molecule has 0 heterocycles. The van der Waals surface area contributed by atoms with Crippen LogP contribution < -0.4 is 10.6 Å². The summed E-state index contributed by atoms with van der Waals surface area (Å²) in [6, 6.07) is 0.574. The van der Waals surface area contributed by atoms with E-state index < -0.39 is 0 Å². The van der Waals surface area contributed by atoms with E-state index in [1.54, 1.807) is 0 Å². The quantitative estimate of drug-likeness (QED) is 0.557. The Morgan fingerprint density at radius 1 is 1.17 bits per heavy atom. The number of amides is 1. The van der Waals surface area contributed by atoms with E-state index in [4.69, 9.17) is 0 Å². The lowest BCUT2D eigenvalue weighted by Crippen LogP contribution is -2.36. The molecule has 1 atom stereocenters. The molecule has 106 valence electrons. The molecule has 0 aromatic heterocycles. The second-order valence-electron chi connectivity index (χ2n) is 5.62. The molecule has 1 aliphatic carbocycles. The Bertz CT molecular complexity index is 227. The minimum absolute atomic E-state index is 0.254. The molecule has 0 aromatic rings. The normalized spacial score (nSPS) is 16.6. The van der Waals surface area contributed by atoms with Gasteiger partial charge in [0.15, 0.2) is 0 Å². The minimum atomic E-state index is 0.254. The van der Waals surface area contributed by atoms with E-state index in [0.717, 1.165) is 25.9 Å². The highest BCUT2D eigenvalue weighted by molar-refractivity contribution is 5.80. The molecule has 3 nitrogen and oxygen atoms in total. The second-order valence-corrected chi connectivity index (χ2v) is 5.62. The van der Waals surface area contributed by atoms with Crippen molar-refractivity contribution in [2.75, 3.05) is 13.1 Å². The number of carbonyl (C=O) groups is 1. The monoisotopic (exact) mass is 254 g/mol. The highest BCUT2D eigenvalue weighted by atomic mass is 16.2. The molecule has 1 saturated carbocycles. The molecule has 3 heteroatoms. The molecule has 1 rings (SSSR count). The van der Waals surface area contributed by atoms with E-state index in [0.29, 0.717) is 12.0 Å². The third-order valence-corrected chi connectivity index (χ3v) is 3.61. The molecular weight excluding hydrogens is 224 g/mol. The van der Waals surface area contributed by atoms with Gasteiger partial charge in [-0.2, -0.15) is 0 Å². The van der Waals surface area contributed by atoms with Gasteiger partial charge in [0.2, 0.25) is 5.91 Å². The lowest BCUT2D eigenvalue weighted by Gasteiger charge is -2.14. The number of rotatable bonds is 11. The van der Waals surface area contributed by atoms with Crippen LogP contribution in [0, 0.1) is 5.92 Å². The maximum absolute atomic E-state index is 11.4. The number of hydrogen-bond acceptors (Lipinski definition) is 2. The molecule has 0 radical (unpaired) electrons. The fourth-order valence-corrected chi connectivity index (χ4v) is 2.15. The predicted molar refractivity (Wildman–Crippen MR) is 76.6 cm³/mol. The molecule has 0 saturated heterocycles. The zero-order chi connectivity index (χ0) is 13.2. The van der Waals surface area contributed by atoms with E-state index in [2.05, 4.69) is 24.5 Å². The van der Waals surface area contributed by atoms with Crippen molar-refractivity contribution in [3.8, 4) is 0 Å². The minimum Gasteiger partial charge on any atom is -0.355 e. The average molecular weight is 254 g/mol. The summed E-state index contributed by atoms with van der Waals surface area (Å²) in [5, 5.41) is 6.46. The first-order valence-corrected chi connectivity index (χ1v) is 7.75. The second kappa shape index (κ2) is 9.37. The summed E-state index contributed by atoms with van der Waals surface area (Å²) in [6.07, 6.45) is 10.2. The number of hydrogen-bond donors (Lipinski definition) is 2. The van der Waals surface area contributed by atoms with Crippen LogP contribution in [-0.4, -0.2) is 25.0 Å². The molecule has 2 N–H and O–H groups in total. The highest BCUT2D eigenvalue weighted by Crippen LogP contribution is 2.28. The van der Waals surface area contributed by atoms with E-state index in [1.807, 2.05) is 0 Å². The standard InChI is InChI=1S/C15H30N2O/c1-3-4-5-6-7-8-13(2)16-11-12-17-15(18)14-9-10-14/h13-14,16H,3-12H2,1-2H3,(H,17,18). The van der Waals surface area contributed by atoms with Gasteiger partial charge in [-0.15, -0.1) is 0 Å². The van der Waals surface area contributed by atoms with E-state index in [1.165, 1.54) is 38.5 Å². The van der Waals surface area contributed by atoms with Gasteiger partial charge < -0.3 is 10.6 Å². The Hall–Kier alpha value is -0.570. The van der Waals surface area contributed by atoms with Crippen LogP contribution in [0.2, 0.25) is 0 Å². The summed E-state index contributed by atoms with van der Waals surface area (Å²) < 4.78 is 0. The van der Waals surface area contributed by atoms with Gasteiger partial charge in [-0.3, -0.25) is 4.79 Å². The summed E-state index contributed by atoms with van der Waals surface area (Å²) in [7, 11) is 0. The topological polar surface area (TPSA) is 41.1 Å². The Kier molecular flexibility index (Phi) is 8.06. The van der Waals surface area contributed by atoms with Crippen molar-refractivity contribution in [3.05, 3.63) is 0 Å². The van der Waals surface area contributed by atoms with Gasteiger partial charge in [0, 0.05) is 25.0 Å². The smallest absolute Gasteiger partial charge is 0.223 e. The van der Waals surface area contributed by atoms with Crippen LogP contribution in [0.25, 0.3) is 0 Å². The predicted octanol–water partition coefficient (Wildman–Crippen LogP) is 2.85. The van der Waals surface area contributed by atoms with Crippen LogP contribution >= 0.6 is 0 Å². The zero-order valence-corrected chi connectivity index (χ0v) is 12.1. The Balaban J connectivity index is 1.83. The first kappa shape index (κ1) is 15.5. The fourth-order valence-electron chi connectivity index (χ4n) is 2.15. The summed E-state index contributed by atoms with van der Waals surface area (Å²) in [6.45, 7) is 6.16. The molecule has 0 spiro atoms. The summed E-state index contributed by atoms with van der Waals surface area (Å²) in [5.41, 5.74) is 0. The third-order valence-electron chi connectivity index (χ3n) is 3.61. The molecule has 0 aliphatic heterocycles. The van der Waals surface area contributed by atoms with E-state index >= 15 is 0 Å². The fraction of sp³-hybridized carbons (Fsp3) is 0.933. The van der Waals surface area contributed by atoms with Crippen molar-refractivity contribution in [1.82, 2.24) is 10.6 Å². The maximum atomic E-state index is 11.4. The van der Waals surface area contributed by atoms with Gasteiger partial charge in [0.1, 0.15) is 0 Å². The molecule has 0 aromatic carbocycles. The van der Waals surface area contributed by atoms with Crippen molar-refractivity contribution in [3.63, 3.8) is 0 Å². The van der Waals surface area contributed by atoms with Gasteiger partial charge in [-0.1, -0.05) is 39.0 Å². The Morgan fingerprint density at radius 2 is 1.89 bits per heavy atom. The van der Waals surface area contributed by atoms with Crippen molar-refractivity contribution in [2.45, 2.75) is 71.3 Å². The first-order valence-electron chi connectivity index (χ1n) is 7.75. The van der Waals surface area contributed by atoms with Gasteiger partial charge in [-0.05, 0) is 26.2 Å². The molecule has 1 aliphatic rings. The summed E-state index contributed by atoms with van der Waals surface area (Å²) >= 11 is 0. The maximum Gasteiger partial charge on any atom is 0.223 e. The van der Waals surface area contributed by atoms with Crippen LogP contribution in [0.15, 0.2) is 0 Å².